The number of hydrogen-bond acceptors (Lipinski definition) is 4. The Labute approximate surface area is 113 Å². The van der Waals surface area contributed by atoms with Crippen LogP contribution in [0.1, 0.15) is 36.2 Å². The van der Waals surface area contributed by atoms with Crippen LogP contribution in [-0.4, -0.2) is 24.1 Å². The van der Waals surface area contributed by atoms with E-state index in [0.717, 1.165) is 0 Å². The van der Waals surface area contributed by atoms with Crippen molar-refractivity contribution >= 4 is 13.6 Å². The van der Waals surface area contributed by atoms with Gasteiger partial charge in [-0.3, -0.25) is 4.57 Å². The van der Waals surface area contributed by atoms with Crippen LogP contribution in [0.5, 0.6) is 0 Å². The van der Waals surface area contributed by atoms with Gasteiger partial charge in [-0.15, -0.1) is 0 Å². The van der Waals surface area contributed by atoms with Crippen LogP contribution in [0.15, 0.2) is 24.3 Å². The van der Waals surface area contributed by atoms with Gasteiger partial charge in [-0.05, 0) is 31.0 Å². The number of esters is 1. The monoisotopic (exact) mass is 286 g/mol. The maximum atomic E-state index is 11.9. The van der Waals surface area contributed by atoms with Gasteiger partial charge in [0.15, 0.2) is 0 Å². The van der Waals surface area contributed by atoms with Gasteiger partial charge in [0, 0.05) is 0 Å². The molecule has 0 amide bonds. The first-order valence-corrected chi connectivity index (χ1v) is 7.81. The van der Waals surface area contributed by atoms with Crippen molar-refractivity contribution in [1.82, 2.24) is 0 Å². The molecule has 1 aromatic rings. The molecule has 0 bridgehead atoms. The fraction of sp³-hybridized carbons (Fsp3) is 0.462. The van der Waals surface area contributed by atoms with Gasteiger partial charge in [0.05, 0.1) is 24.9 Å². The minimum atomic E-state index is -3.65. The predicted molar refractivity (Wildman–Crippen MR) is 72.1 cm³/mol. The maximum Gasteiger partial charge on any atom is 0.337 e. The topological polar surface area (TPSA) is 72.8 Å². The Hall–Kier alpha value is -1.16. The van der Waals surface area contributed by atoms with Crippen LogP contribution < -0.4 is 0 Å². The lowest BCUT2D eigenvalue weighted by Crippen LogP contribution is -2.06. The van der Waals surface area contributed by atoms with Crippen molar-refractivity contribution < 1.29 is 23.5 Å². The van der Waals surface area contributed by atoms with E-state index in [1.54, 1.807) is 31.2 Å². The van der Waals surface area contributed by atoms with Gasteiger partial charge in [-0.1, -0.05) is 19.1 Å². The van der Waals surface area contributed by atoms with E-state index >= 15 is 0 Å². The van der Waals surface area contributed by atoms with Crippen LogP contribution in [0, 0.1) is 0 Å². The molecule has 1 rings (SSSR count). The number of carbonyl (C=O) groups is 1. The number of carbonyl (C=O) groups excluding carboxylic acids is 1. The fourth-order valence-corrected chi connectivity index (χ4v) is 2.95. The van der Waals surface area contributed by atoms with E-state index < -0.39 is 13.6 Å². The smallest absolute Gasteiger partial charge is 0.337 e. The molecule has 106 valence electrons. The molecule has 0 aromatic heterocycles. The summed E-state index contributed by atoms with van der Waals surface area (Å²) in [4.78, 5) is 21.0. The highest BCUT2D eigenvalue weighted by molar-refractivity contribution is 7.51. The van der Waals surface area contributed by atoms with Crippen molar-refractivity contribution in [2.45, 2.75) is 32.5 Å². The summed E-state index contributed by atoms with van der Waals surface area (Å²) in [5, 5.41) is 0. The minimum absolute atomic E-state index is 0.0706. The van der Waals surface area contributed by atoms with E-state index in [9.17, 15) is 14.3 Å². The van der Waals surface area contributed by atoms with Crippen molar-refractivity contribution in [3.8, 4) is 0 Å². The van der Waals surface area contributed by atoms with Crippen LogP contribution in [0.4, 0.5) is 0 Å². The zero-order chi connectivity index (χ0) is 14.5. The molecule has 0 heterocycles. The summed E-state index contributed by atoms with van der Waals surface area (Å²) in [7, 11) is -2.35. The van der Waals surface area contributed by atoms with E-state index in [1.165, 1.54) is 7.11 Å². The molecule has 0 saturated heterocycles. The average Bonchev–Trinajstić information content (AvgIpc) is 2.37. The van der Waals surface area contributed by atoms with Crippen molar-refractivity contribution in [2.75, 3.05) is 7.11 Å². The lowest BCUT2D eigenvalue weighted by Gasteiger charge is -2.16. The second kappa shape index (κ2) is 6.85. The van der Waals surface area contributed by atoms with E-state index in [2.05, 4.69) is 4.74 Å². The molecule has 19 heavy (non-hydrogen) atoms. The van der Waals surface area contributed by atoms with Gasteiger partial charge in [0.2, 0.25) is 0 Å². The molecule has 1 N–H and O–H groups in total. The second-order valence-electron chi connectivity index (χ2n) is 4.31. The summed E-state index contributed by atoms with van der Waals surface area (Å²) in [6.45, 7) is 3.64. The molecular weight excluding hydrogens is 267 g/mol. The number of hydrogen-bond donors (Lipinski definition) is 1. The molecule has 0 spiro atoms. The van der Waals surface area contributed by atoms with E-state index in [-0.39, 0.29) is 12.3 Å². The van der Waals surface area contributed by atoms with Gasteiger partial charge < -0.3 is 14.2 Å². The molecule has 0 aliphatic rings. The number of rotatable bonds is 6. The Morgan fingerprint density at radius 1 is 1.37 bits per heavy atom. The Kier molecular flexibility index (Phi) is 5.73. The number of ether oxygens (including phenoxy) is 1. The van der Waals surface area contributed by atoms with E-state index in [4.69, 9.17) is 4.52 Å². The molecule has 0 fully saturated rings. The van der Waals surface area contributed by atoms with Crippen LogP contribution in [0.3, 0.4) is 0 Å². The third kappa shape index (κ3) is 5.15. The van der Waals surface area contributed by atoms with E-state index in [0.29, 0.717) is 17.5 Å². The summed E-state index contributed by atoms with van der Waals surface area (Å²) in [6.07, 6.45) is 0.343. The maximum absolute atomic E-state index is 11.9. The fourth-order valence-electron chi connectivity index (χ4n) is 1.49. The molecule has 5 nitrogen and oxygen atoms in total. The van der Waals surface area contributed by atoms with Crippen LogP contribution in [-0.2, 0) is 20.0 Å². The first-order valence-electron chi connectivity index (χ1n) is 6.05. The van der Waals surface area contributed by atoms with Crippen molar-refractivity contribution in [3.63, 3.8) is 0 Å². The Morgan fingerprint density at radius 3 is 2.42 bits per heavy atom. The lowest BCUT2D eigenvalue weighted by molar-refractivity contribution is 0.0600. The van der Waals surface area contributed by atoms with Crippen LogP contribution in [0.25, 0.3) is 0 Å². The minimum Gasteiger partial charge on any atom is -0.465 e. The lowest BCUT2D eigenvalue weighted by atomic mass is 10.1. The second-order valence-corrected chi connectivity index (χ2v) is 6.11. The highest BCUT2D eigenvalue weighted by atomic mass is 31.2. The molecule has 0 aliphatic heterocycles. The highest BCUT2D eigenvalue weighted by Gasteiger charge is 2.22. The molecular formula is C13H19O5P. The summed E-state index contributed by atoms with van der Waals surface area (Å²) >= 11 is 0. The van der Waals surface area contributed by atoms with Gasteiger partial charge in [-0.25, -0.2) is 4.79 Å². The first-order chi connectivity index (χ1) is 8.88. The zero-order valence-corrected chi connectivity index (χ0v) is 12.2. The quantitative estimate of drug-likeness (QED) is 0.643. The molecule has 0 saturated carbocycles. The zero-order valence-electron chi connectivity index (χ0n) is 11.3. The Bertz CT molecular complexity index is 468. The third-order valence-corrected chi connectivity index (χ3v) is 4.13. The summed E-state index contributed by atoms with van der Waals surface area (Å²) < 4.78 is 21.6. The highest BCUT2D eigenvalue weighted by Crippen LogP contribution is 2.47. The van der Waals surface area contributed by atoms with Gasteiger partial charge in [0.25, 0.3) is 0 Å². The molecule has 1 aromatic carbocycles. The normalized spacial score (nSPS) is 15.6. The summed E-state index contributed by atoms with van der Waals surface area (Å²) in [5.74, 6) is -0.436. The van der Waals surface area contributed by atoms with Crippen molar-refractivity contribution in [3.05, 3.63) is 35.4 Å². The Balaban J connectivity index is 2.72. The molecule has 6 heteroatoms. The molecule has 2 atom stereocenters. The molecule has 0 aliphatic carbocycles. The average molecular weight is 286 g/mol. The van der Waals surface area contributed by atoms with Gasteiger partial charge >= 0.3 is 13.6 Å². The SMILES string of the molecule is CCC(C)OP(=O)(O)Cc1ccc(C(=O)OC)cc1. The summed E-state index contributed by atoms with van der Waals surface area (Å²) in [5.41, 5.74) is 1.05. The van der Waals surface area contributed by atoms with Crippen LogP contribution >= 0.6 is 7.60 Å². The van der Waals surface area contributed by atoms with Crippen LogP contribution in [0.2, 0.25) is 0 Å². The largest absolute Gasteiger partial charge is 0.465 e. The number of methoxy groups -OCH3 is 1. The van der Waals surface area contributed by atoms with E-state index in [1.807, 2.05) is 6.92 Å². The van der Waals surface area contributed by atoms with Crippen molar-refractivity contribution in [2.24, 2.45) is 0 Å². The predicted octanol–water partition coefficient (Wildman–Crippen LogP) is 2.97. The van der Waals surface area contributed by atoms with Gasteiger partial charge in [-0.2, -0.15) is 0 Å². The molecule has 0 radical (unpaired) electrons. The van der Waals surface area contributed by atoms with Gasteiger partial charge in [0.1, 0.15) is 0 Å². The Morgan fingerprint density at radius 2 is 1.95 bits per heavy atom. The summed E-state index contributed by atoms with van der Waals surface area (Å²) in [6, 6.07) is 6.36. The number of benzene rings is 1. The third-order valence-electron chi connectivity index (χ3n) is 2.68. The molecule has 2 unspecified atom stereocenters. The van der Waals surface area contributed by atoms with Crippen molar-refractivity contribution in [1.29, 1.82) is 0 Å². The first kappa shape index (κ1) is 15.9. The standard InChI is InChI=1S/C13H19O5P/c1-4-10(2)18-19(15,16)9-11-5-7-12(8-6-11)13(14)17-3/h5-8,10H,4,9H2,1-3H3,(H,15,16).